The maximum Gasteiger partial charge on any atom is 0.309 e. The van der Waals surface area contributed by atoms with Crippen LogP contribution in [0.15, 0.2) is 11.1 Å². The van der Waals surface area contributed by atoms with Crippen LogP contribution < -0.4 is 4.72 Å². The molecule has 9 heteroatoms. The third-order valence-electron chi connectivity index (χ3n) is 14.2. The van der Waals surface area contributed by atoms with Gasteiger partial charge in [0.15, 0.2) is 5.78 Å². The van der Waals surface area contributed by atoms with E-state index in [0.29, 0.717) is 18.3 Å². The van der Waals surface area contributed by atoms with Gasteiger partial charge in [-0.1, -0.05) is 48.5 Å². The number of carboxylic acid groups (broad SMARTS) is 1. The van der Waals surface area contributed by atoms with Gasteiger partial charge in [-0.15, -0.1) is 0 Å². The average Bonchev–Trinajstić information content (AvgIpc) is 3.16. The normalized spacial score (nSPS) is 41.2. The van der Waals surface area contributed by atoms with Crippen molar-refractivity contribution >= 4 is 27.7 Å². The molecule has 0 aliphatic heterocycles. The van der Waals surface area contributed by atoms with Crippen LogP contribution in [0.25, 0.3) is 0 Å². The minimum atomic E-state index is -3.52. The minimum Gasteiger partial charge on any atom is -0.481 e. The monoisotopic (exact) mass is 647 g/mol. The van der Waals surface area contributed by atoms with Gasteiger partial charge in [0.1, 0.15) is 6.10 Å². The molecule has 0 aromatic rings. The number of carbonyl (C=O) groups is 3. The molecular formula is C36H57NO7S. The fourth-order valence-corrected chi connectivity index (χ4v) is 12.9. The number of allylic oxidation sites excluding steroid dienone is 1. The van der Waals surface area contributed by atoms with Crippen LogP contribution in [0.4, 0.5) is 0 Å². The van der Waals surface area contributed by atoms with Gasteiger partial charge in [0.25, 0.3) is 0 Å². The topological polar surface area (TPSA) is 127 Å². The van der Waals surface area contributed by atoms with E-state index in [0.717, 1.165) is 56.1 Å². The molecule has 0 amide bonds. The van der Waals surface area contributed by atoms with Gasteiger partial charge in [-0.3, -0.25) is 14.4 Å². The van der Waals surface area contributed by atoms with Gasteiger partial charge >= 0.3 is 11.9 Å². The maximum atomic E-state index is 13.6. The van der Waals surface area contributed by atoms with Crippen molar-refractivity contribution in [3.63, 3.8) is 0 Å². The Bertz CT molecular complexity index is 1430. The molecule has 4 saturated carbocycles. The molecule has 2 N–H and O–H groups in total. The van der Waals surface area contributed by atoms with Crippen LogP contribution in [0, 0.1) is 50.7 Å². The molecule has 0 spiro atoms. The smallest absolute Gasteiger partial charge is 0.309 e. The molecular weight excluding hydrogens is 590 g/mol. The molecule has 0 radical (unpaired) electrons. The highest BCUT2D eigenvalue weighted by molar-refractivity contribution is 7.88. The third-order valence-corrected chi connectivity index (χ3v) is 15.0. The molecule has 0 unspecified atom stereocenters. The predicted octanol–water partition coefficient (Wildman–Crippen LogP) is 6.68. The van der Waals surface area contributed by atoms with E-state index in [1.807, 2.05) is 0 Å². The Morgan fingerprint density at radius 3 is 2.18 bits per heavy atom. The van der Waals surface area contributed by atoms with Crippen molar-refractivity contribution in [2.75, 3.05) is 6.26 Å². The molecule has 0 aromatic heterocycles. The van der Waals surface area contributed by atoms with E-state index in [1.54, 1.807) is 13.8 Å². The summed E-state index contributed by atoms with van der Waals surface area (Å²) in [6, 6.07) is 0. The van der Waals surface area contributed by atoms with Crippen LogP contribution in [0.2, 0.25) is 0 Å². The van der Waals surface area contributed by atoms with Crippen molar-refractivity contribution in [3.05, 3.63) is 11.1 Å². The molecule has 45 heavy (non-hydrogen) atoms. The first kappa shape index (κ1) is 34.6. The minimum absolute atomic E-state index is 0.00421. The number of hydrogen-bond acceptors (Lipinski definition) is 6. The summed E-state index contributed by atoms with van der Waals surface area (Å²) in [6.45, 7) is 19.1. The fraction of sp³-hybridized carbons (Fsp3) is 0.861. The first-order valence-electron chi connectivity index (χ1n) is 17.1. The fourth-order valence-electron chi connectivity index (χ4n) is 11.9. The van der Waals surface area contributed by atoms with E-state index in [1.165, 1.54) is 6.26 Å². The van der Waals surface area contributed by atoms with Crippen molar-refractivity contribution in [1.29, 1.82) is 0 Å². The predicted molar refractivity (Wildman–Crippen MR) is 174 cm³/mol. The molecule has 5 rings (SSSR count). The first-order valence-corrected chi connectivity index (χ1v) is 19.0. The highest BCUT2D eigenvalue weighted by Gasteiger charge is 2.70. The summed E-state index contributed by atoms with van der Waals surface area (Å²) >= 11 is 0. The van der Waals surface area contributed by atoms with Crippen LogP contribution >= 0.6 is 0 Å². The number of sulfonamides is 1. The highest BCUT2D eigenvalue weighted by Crippen LogP contribution is 2.76. The Labute approximate surface area is 270 Å². The van der Waals surface area contributed by atoms with Crippen molar-refractivity contribution in [1.82, 2.24) is 4.72 Å². The molecule has 8 nitrogen and oxygen atoms in total. The molecule has 5 aliphatic carbocycles. The van der Waals surface area contributed by atoms with E-state index < -0.39 is 32.9 Å². The summed E-state index contributed by atoms with van der Waals surface area (Å²) < 4.78 is 34.5. The molecule has 0 bridgehead atoms. The van der Waals surface area contributed by atoms with Crippen molar-refractivity contribution in [3.8, 4) is 0 Å². The summed E-state index contributed by atoms with van der Waals surface area (Å²) in [5, 5.41) is 9.54. The number of ketones is 1. The standard InChI is InChI=1S/C36H57NO7S/c1-21(2)28-23(38)19-36(37-45(10,42)43)18-17-34(8)22(29(28)36)11-12-25-33(7)15-14-26(44-27(39)20-31(3,4)30(40)41)32(5,6)24(33)13-16-35(25,34)9/h21-22,24-26,37H,11-20H2,1-10H3,(H,40,41)/t22-,24+,25-,26+,33+,34-,35-,36-/m1/s1. The summed E-state index contributed by atoms with van der Waals surface area (Å²) in [5.74, 6) is -0.366. The summed E-state index contributed by atoms with van der Waals surface area (Å²) in [7, 11) is -3.52. The van der Waals surface area contributed by atoms with Gasteiger partial charge in [-0.05, 0) is 116 Å². The van der Waals surface area contributed by atoms with E-state index in [4.69, 9.17) is 4.74 Å². The van der Waals surface area contributed by atoms with Crippen molar-refractivity contribution in [2.24, 2.45) is 50.7 Å². The van der Waals surface area contributed by atoms with Gasteiger partial charge < -0.3 is 9.84 Å². The van der Waals surface area contributed by atoms with Crippen LogP contribution in [-0.2, 0) is 29.1 Å². The third kappa shape index (κ3) is 5.16. The Morgan fingerprint density at radius 1 is 0.956 bits per heavy atom. The Kier molecular flexibility index (Phi) is 8.17. The largest absolute Gasteiger partial charge is 0.481 e. The van der Waals surface area contributed by atoms with Gasteiger partial charge in [0.2, 0.25) is 10.0 Å². The number of hydrogen-bond donors (Lipinski definition) is 2. The number of Topliss-reactive ketones (excluding diaryl/α,β-unsaturated/α-hetero) is 1. The number of carboxylic acids is 1. The van der Waals surface area contributed by atoms with Gasteiger partial charge in [0, 0.05) is 11.8 Å². The molecule has 4 fully saturated rings. The Balaban J connectivity index is 1.47. The molecule has 254 valence electrons. The van der Waals surface area contributed by atoms with Crippen LogP contribution in [-0.4, -0.2) is 49.1 Å². The van der Waals surface area contributed by atoms with E-state index in [2.05, 4.69) is 53.2 Å². The quantitative estimate of drug-likeness (QED) is 0.295. The number of esters is 1. The Hall–Kier alpha value is -1.74. The van der Waals surface area contributed by atoms with Crippen molar-refractivity contribution < 1.29 is 32.6 Å². The maximum absolute atomic E-state index is 13.6. The lowest BCUT2D eigenvalue weighted by molar-refractivity contribution is -0.232. The average molecular weight is 648 g/mol. The number of rotatable bonds is 7. The summed E-state index contributed by atoms with van der Waals surface area (Å²) in [5.41, 5.74) is -0.332. The van der Waals surface area contributed by atoms with E-state index in [-0.39, 0.29) is 58.2 Å². The summed E-state index contributed by atoms with van der Waals surface area (Å²) in [4.78, 5) is 38.2. The number of nitrogens with one attached hydrogen (secondary N) is 1. The number of fused-ring (bicyclic) bond motifs is 7. The molecule has 0 heterocycles. The van der Waals surface area contributed by atoms with E-state index in [9.17, 15) is 27.9 Å². The number of carbonyl (C=O) groups excluding carboxylic acids is 2. The lowest BCUT2D eigenvalue weighted by atomic mass is 9.33. The van der Waals surface area contributed by atoms with Crippen LogP contribution in [0.5, 0.6) is 0 Å². The number of aliphatic carboxylic acids is 1. The zero-order valence-corrected chi connectivity index (χ0v) is 30.1. The van der Waals surface area contributed by atoms with Crippen molar-refractivity contribution in [2.45, 2.75) is 138 Å². The second-order valence-electron chi connectivity index (χ2n) is 17.9. The molecule has 0 aromatic carbocycles. The molecule has 0 saturated heterocycles. The lowest BCUT2D eigenvalue weighted by Crippen LogP contribution is -2.67. The van der Waals surface area contributed by atoms with E-state index >= 15 is 0 Å². The second-order valence-corrected chi connectivity index (χ2v) is 19.6. The SMILES string of the molecule is CC(C)C1=C2[C@H]3CC[C@@H]4[C@@]5(C)CC[C@H](OC(=O)CC(C)(C)C(=O)O)C(C)(C)[C@@H]5CC[C@@]4(C)[C@]3(C)CC[C@@]2(NS(C)(=O)=O)CC1=O. The lowest BCUT2D eigenvalue weighted by Gasteiger charge is -2.72. The Morgan fingerprint density at radius 2 is 1.60 bits per heavy atom. The highest BCUT2D eigenvalue weighted by atomic mass is 32.2. The van der Waals surface area contributed by atoms with Crippen LogP contribution in [0.3, 0.4) is 0 Å². The zero-order chi connectivity index (χ0) is 33.8. The molecule has 8 atom stereocenters. The number of ether oxygens (including phenoxy) is 1. The molecule has 5 aliphatic rings. The van der Waals surface area contributed by atoms with Gasteiger partial charge in [-0.2, -0.15) is 0 Å². The summed E-state index contributed by atoms with van der Waals surface area (Å²) in [6.07, 6.45) is 8.26. The van der Waals surface area contributed by atoms with Gasteiger partial charge in [0.05, 0.1) is 23.6 Å². The second kappa shape index (κ2) is 10.6. The van der Waals surface area contributed by atoms with Gasteiger partial charge in [-0.25, -0.2) is 13.1 Å². The van der Waals surface area contributed by atoms with Crippen LogP contribution in [0.1, 0.15) is 127 Å². The zero-order valence-electron chi connectivity index (χ0n) is 29.3. The first-order chi connectivity index (χ1) is 20.5.